The Bertz CT molecular complexity index is 411. The number of carbonyl (C=O) groups excluding carboxylic acids is 1. The van der Waals surface area contributed by atoms with Crippen molar-refractivity contribution in [3.63, 3.8) is 0 Å². The van der Waals surface area contributed by atoms with Crippen LogP contribution in [0.3, 0.4) is 0 Å². The first-order chi connectivity index (χ1) is 6.40. The van der Waals surface area contributed by atoms with Gasteiger partial charge in [-0.1, -0.05) is 23.4 Å². The van der Waals surface area contributed by atoms with Crippen LogP contribution in [-0.2, 0) is 0 Å². The van der Waals surface area contributed by atoms with Gasteiger partial charge in [-0.2, -0.15) is 4.98 Å². The Hall–Kier alpha value is -2.01. The van der Waals surface area contributed by atoms with Crippen molar-refractivity contribution in [1.29, 1.82) is 0 Å². The van der Waals surface area contributed by atoms with Gasteiger partial charge in [0.2, 0.25) is 5.82 Å². The van der Waals surface area contributed by atoms with Crippen molar-refractivity contribution < 1.29 is 14.8 Å². The van der Waals surface area contributed by atoms with Crippen LogP contribution in [0.4, 0.5) is 0 Å². The van der Waals surface area contributed by atoms with E-state index in [1.54, 1.807) is 0 Å². The van der Waals surface area contributed by atoms with Crippen LogP contribution in [0.25, 0.3) is 11.5 Å². The third kappa shape index (κ3) is 1.83. The van der Waals surface area contributed by atoms with E-state index in [4.69, 9.17) is 4.52 Å². The first-order valence-electron chi connectivity index (χ1n) is 3.74. The number of hydrogen-bond donors (Lipinski definition) is 0. The Morgan fingerprint density at radius 1 is 1.21 bits per heavy atom. The Kier molecular flexibility index (Phi) is 3.09. The SMILES string of the molecule is O.O=Cc1noc(-c2ccccc2)n1. The number of nitrogens with zero attached hydrogens (tertiary/aromatic N) is 2. The second kappa shape index (κ2) is 4.29. The smallest absolute Gasteiger partial charge is 0.258 e. The van der Waals surface area contributed by atoms with Gasteiger partial charge in [-0.15, -0.1) is 0 Å². The summed E-state index contributed by atoms with van der Waals surface area (Å²) in [4.78, 5) is 14.1. The van der Waals surface area contributed by atoms with Crippen LogP contribution in [-0.4, -0.2) is 21.9 Å². The van der Waals surface area contributed by atoms with E-state index >= 15 is 0 Å². The number of benzene rings is 1. The van der Waals surface area contributed by atoms with Gasteiger partial charge >= 0.3 is 0 Å². The number of hydrogen-bond acceptors (Lipinski definition) is 4. The highest BCUT2D eigenvalue weighted by Gasteiger charge is 2.05. The summed E-state index contributed by atoms with van der Waals surface area (Å²) in [6.07, 6.45) is 0.552. The quantitative estimate of drug-likeness (QED) is 0.656. The molecule has 0 radical (unpaired) electrons. The zero-order valence-electron chi connectivity index (χ0n) is 7.18. The van der Waals surface area contributed by atoms with E-state index < -0.39 is 0 Å². The standard InChI is InChI=1S/C9H6N2O2.H2O/c12-6-8-10-9(13-11-8)7-4-2-1-3-5-7;/h1-6H;1H2. The molecule has 5 heteroatoms. The van der Waals surface area contributed by atoms with E-state index in [2.05, 4.69) is 10.1 Å². The van der Waals surface area contributed by atoms with Crippen molar-refractivity contribution in [3.8, 4) is 11.5 Å². The maximum Gasteiger partial charge on any atom is 0.258 e. The first-order valence-corrected chi connectivity index (χ1v) is 3.74. The van der Waals surface area contributed by atoms with Crippen LogP contribution >= 0.6 is 0 Å². The summed E-state index contributed by atoms with van der Waals surface area (Å²) in [6, 6.07) is 9.28. The van der Waals surface area contributed by atoms with Crippen LogP contribution < -0.4 is 0 Å². The molecule has 0 unspecified atom stereocenters. The molecule has 1 heterocycles. The first kappa shape index (κ1) is 10.1. The van der Waals surface area contributed by atoms with Crippen LogP contribution in [0.5, 0.6) is 0 Å². The molecule has 0 aliphatic rings. The molecule has 0 atom stereocenters. The predicted molar refractivity (Wildman–Crippen MR) is 48.7 cm³/mol. The lowest BCUT2D eigenvalue weighted by Crippen LogP contribution is -1.81. The monoisotopic (exact) mass is 192 g/mol. The highest BCUT2D eigenvalue weighted by Crippen LogP contribution is 2.15. The Morgan fingerprint density at radius 2 is 1.93 bits per heavy atom. The molecule has 72 valence electrons. The van der Waals surface area contributed by atoms with Crippen molar-refractivity contribution >= 4 is 6.29 Å². The van der Waals surface area contributed by atoms with Crippen LogP contribution in [0.2, 0.25) is 0 Å². The molecule has 0 fully saturated rings. The van der Waals surface area contributed by atoms with Gasteiger partial charge in [0, 0.05) is 5.56 Å². The Labute approximate surface area is 79.7 Å². The van der Waals surface area contributed by atoms with Crippen molar-refractivity contribution in [2.75, 3.05) is 0 Å². The van der Waals surface area contributed by atoms with Crippen LogP contribution in [0.1, 0.15) is 10.6 Å². The van der Waals surface area contributed by atoms with E-state index in [-0.39, 0.29) is 11.3 Å². The third-order valence-corrected chi connectivity index (χ3v) is 1.57. The summed E-state index contributed by atoms with van der Waals surface area (Å²) in [7, 11) is 0. The van der Waals surface area contributed by atoms with Gasteiger partial charge in [0.05, 0.1) is 0 Å². The summed E-state index contributed by atoms with van der Waals surface area (Å²) in [5, 5.41) is 3.46. The Balaban J connectivity index is 0.000000980. The zero-order valence-corrected chi connectivity index (χ0v) is 7.18. The van der Waals surface area contributed by atoms with E-state index in [0.717, 1.165) is 5.56 Å². The van der Waals surface area contributed by atoms with E-state index in [1.807, 2.05) is 30.3 Å². The van der Waals surface area contributed by atoms with Crippen molar-refractivity contribution in [2.45, 2.75) is 0 Å². The molecule has 0 saturated heterocycles. The minimum atomic E-state index is 0. The highest BCUT2D eigenvalue weighted by molar-refractivity contribution is 5.69. The van der Waals surface area contributed by atoms with E-state index in [0.29, 0.717) is 12.2 Å². The summed E-state index contributed by atoms with van der Waals surface area (Å²) >= 11 is 0. The third-order valence-electron chi connectivity index (χ3n) is 1.57. The summed E-state index contributed by atoms with van der Waals surface area (Å²) < 4.78 is 4.85. The molecule has 0 spiro atoms. The molecule has 2 rings (SSSR count). The molecular weight excluding hydrogens is 184 g/mol. The van der Waals surface area contributed by atoms with Crippen LogP contribution in [0, 0.1) is 0 Å². The number of carbonyl (C=O) groups is 1. The van der Waals surface area contributed by atoms with Gasteiger partial charge in [0.25, 0.3) is 5.89 Å². The average Bonchev–Trinajstić information content (AvgIpc) is 2.67. The van der Waals surface area contributed by atoms with Crippen molar-refractivity contribution in [1.82, 2.24) is 10.1 Å². The fraction of sp³-hybridized carbons (Fsp3) is 0. The lowest BCUT2D eigenvalue weighted by molar-refractivity contribution is 0.111. The summed E-state index contributed by atoms with van der Waals surface area (Å²) in [5.74, 6) is 0.432. The fourth-order valence-corrected chi connectivity index (χ4v) is 0.981. The number of aldehydes is 1. The molecule has 0 bridgehead atoms. The number of aromatic nitrogens is 2. The van der Waals surface area contributed by atoms with Gasteiger partial charge in [-0.25, -0.2) is 0 Å². The second-order valence-electron chi connectivity index (χ2n) is 2.44. The second-order valence-corrected chi connectivity index (χ2v) is 2.44. The van der Waals surface area contributed by atoms with Crippen molar-refractivity contribution in [2.24, 2.45) is 0 Å². The minimum Gasteiger partial charge on any atom is -0.412 e. The highest BCUT2D eigenvalue weighted by atomic mass is 16.5. The largest absolute Gasteiger partial charge is 0.412 e. The molecule has 14 heavy (non-hydrogen) atoms. The summed E-state index contributed by atoms with van der Waals surface area (Å²) in [5.41, 5.74) is 0.808. The summed E-state index contributed by atoms with van der Waals surface area (Å²) in [6.45, 7) is 0. The maximum atomic E-state index is 10.3. The molecule has 1 aromatic carbocycles. The number of rotatable bonds is 2. The fourth-order valence-electron chi connectivity index (χ4n) is 0.981. The molecule has 0 aliphatic heterocycles. The van der Waals surface area contributed by atoms with Gasteiger partial charge in [0.1, 0.15) is 0 Å². The molecule has 0 aliphatic carbocycles. The van der Waals surface area contributed by atoms with E-state index in [1.165, 1.54) is 0 Å². The molecule has 2 aromatic rings. The lowest BCUT2D eigenvalue weighted by Gasteiger charge is -1.89. The predicted octanol–water partition coefficient (Wildman–Crippen LogP) is 0.724. The normalized spacial score (nSPS) is 9.14. The van der Waals surface area contributed by atoms with Gasteiger partial charge in [-0.05, 0) is 12.1 Å². The minimum absolute atomic E-state index is 0. The average molecular weight is 192 g/mol. The van der Waals surface area contributed by atoms with Crippen molar-refractivity contribution in [3.05, 3.63) is 36.2 Å². The van der Waals surface area contributed by atoms with Gasteiger partial charge in [0.15, 0.2) is 6.29 Å². The van der Waals surface area contributed by atoms with Crippen LogP contribution in [0.15, 0.2) is 34.9 Å². The topological polar surface area (TPSA) is 87.5 Å². The molecule has 1 aromatic heterocycles. The molecule has 2 N–H and O–H groups in total. The molecular formula is C9H8N2O3. The zero-order chi connectivity index (χ0) is 9.10. The molecule has 5 nitrogen and oxygen atoms in total. The maximum absolute atomic E-state index is 10.3. The molecule has 0 saturated carbocycles. The van der Waals surface area contributed by atoms with Gasteiger partial charge < -0.3 is 10.00 Å². The lowest BCUT2D eigenvalue weighted by atomic mass is 10.2. The molecule has 0 amide bonds. The Morgan fingerprint density at radius 3 is 2.50 bits per heavy atom. The van der Waals surface area contributed by atoms with Gasteiger partial charge in [-0.3, -0.25) is 4.79 Å². The van der Waals surface area contributed by atoms with E-state index in [9.17, 15) is 4.79 Å².